The quantitative estimate of drug-likeness (QED) is 0.675. The first-order valence-corrected chi connectivity index (χ1v) is 10.7. The Balaban J connectivity index is 1.43. The smallest absolute Gasteiger partial charge is 0.241 e. The predicted octanol–water partition coefficient (Wildman–Crippen LogP) is 4.02. The summed E-state index contributed by atoms with van der Waals surface area (Å²) in [4.78, 5) is 17.0. The Morgan fingerprint density at radius 2 is 1.67 bits per heavy atom. The summed E-state index contributed by atoms with van der Waals surface area (Å²) in [5.74, 6) is 1.57. The summed E-state index contributed by atoms with van der Waals surface area (Å²) in [6.45, 7) is 5.29. The van der Waals surface area contributed by atoms with E-state index >= 15 is 0 Å². The summed E-state index contributed by atoms with van der Waals surface area (Å²) in [7, 11) is 3.57. The first-order valence-electron chi connectivity index (χ1n) is 10.7. The molecular formula is C24H33N3O3. The third kappa shape index (κ3) is 6.13. The Hall–Kier alpha value is -2.73. The van der Waals surface area contributed by atoms with Gasteiger partial charge in [0.1, 0.15) is 18.1 Å². The van der Waals surface area contributed by atoms with Gasteiger partial charge in [-0.3, -0.25) is 9.69 Å². The van der Waals surface area contributed by atoms with Gasteiger partial charge in [-0.25, -0.2) is 0 Å². The van der Waals surface area contributed by atoms with Gasteiger partial charge in [0.2, 0.25) is 5.91 Å². The van der Waals surface area contributed by atoms with Gasteiger partial charge in [0.15, 0.2) is 0 Å². The van der Waals surface area contributed by atoms with Crippen molar-refractivity contribution in [1.29, 1.82) is 0 Å². The largest absolute Gasteiger partial charge is 0.497 e. The maximum absolute atomic E-state index is 12.6. The van der Waals surface area contributed by atoms with Crippen LogP contribution in [0.5, 0.6) is 11.5 Å². The molecule has 1 aliphatic rings. The molecule has 6 nitrogen and oxygen atoms in total. The average Bonchev–Trinajstić information content (AvgIpc) is 2.80. The summed E-state index contributed by atoms with van der Waals surface area (Å²) in [6.07, 6.45) is 3.83. The number of methoxy groups -OCH3 is 1. The third-order valence-electron chi connectivity index (χ3n) is 5.67. The lowest BCUT2D eigenvalue weighted by Crippen LogP contribution is -2.41. The van der Waals surface area contributed by atoms with Crippen molar-refractivity contribution in [2.45, 2.75) is 32.2 Å². The normalized spacial score (nSPS) is 15.0. The van der Waals surface area contributed by atoms with Crippen LogP contribution in [0.4, 0.5) is 11.4 Å². The van der Waals surface area contributed by atoms with E-state index in [-0.39, 0.29) is 11.9 Å². The van der Waals surface area contributed by atoms with Crippen LogP contribution >= 0.6 is 0 Å². The van der Waals surface area contributed by atoms with E-state index in [1.54, 1.807) is 7.11 Å². The fourth-order valence-corrected chi connectivity index (χ4v) is 3.53. The molecular weight excluding hydrogens is 378 g/mol. The van der Waals surface area contributed by atoms with Crippen molar-refractivity contribution in [1.82, 2.24) is 4.90 Å². The van der Waals surface area contributed by atoms with Crippen LogP contribution in [-0.4, -0.2) is 57.2 Å². The molecule has 2 aromatic carbocycles. The molecule has 1 N–H and O–H groups in total. The number of hydrogen-bond donors (Lipinski definition) is 1. The molecule has 0 aromatic heterocycles. The molecule has 6 heteroatoms. The van der Waals surface area contributed by atoms with Crippen molar-refractivity contribution < 1.29 is 14.3 Å². The maximum atomic E-state index is 12.6. The van der Waals surface area contributed by atoms with Crippen molar-refractivity contribution in [2.75, 3.05) is 50.6 Å². The van der Waals surface area contributed by atoms with Crippen LogP contribution in [0.3, 0.4) is 0 Å². The summed E-state index contributed by atoms with van der Waals surface area (Å²) in [5, 5.41) is 3.02. The minimum Gasteiger partial charge on any atom is -0.497 e. The highest BCUT2D eigenvalue weighted by Gasteiger charge is 2.18. The molecule has 1 heterocycles. The van der Waals surface area contributed by atoms with E-state index in [1.807, 2.05) is 55.3 Å². The van der Waals surface area contributed by atoms with Gasteiger partial charge in [-0.2, -0.15) is 0 Å². The number of piperidine rings is 1. The van der Waals surface area contributed by atoms with E-state index in [0.29, 0.717) is 13.2 Å². The molecule has 0 aliphatic carbocycles. The zero-order chi connectivity index (χ0) is 21.3. The lowest BCUT2D eigenvalue weighted by atomic mass is 10.1. The molecule has 3 rings (SSSR count). The zero-order valence-corrected chi connectivity index (χ0v) is 18.3. The second-order valence-electron chi connectivity index (χ2n) is 7.76. The minimum absolute atomic E-state index is 0.0207. The zero-order valence-electron chi connectivity index (χ0n) is 18.3. The molecule has 0 unspecified atom stereocenters. The van der Waals surface area contributed by atoms with Crippen molar-refractivity contribution >= 4 is 17.3 Å². The van der Waals surface area contributed by atoms with E-state index in [2.05, 4.69) is 22.3 Å². The fourth-order valence-electron chi connectivity index (χ4n) is 3.53. The molecule has 1 atom stereocenters. The Morgan fingerprint density at radius 3 is 2.30 bits per heavy atom. The summed E-state index contributed by atoms with van der Waals surface area (Å²) >= 11 is 0. The van der Waals surface area contributed by atoms with Crippen LogP contribution in [-0.2, 0) is 4.79 Å². The van der Waals surface area contributed by atoms with Crippen molar-refractivity contribution in [3.63, 3.8) is 0 Å². The van der Waals surface area contributed by atoms with Crippen molar-refractivity contribution in [3.05, 3.63) is 48.5 Å². The highest BCUT2D eigenvalue weighted by molar-refractivity contribution is 5.94. The second kappa shape index (κ2) is 10.9. The minimum atomic E-state index is -0.258. The average molecular weight is 412 g/mol. The number of carbonyl (C=O) groups is 1. The number of nitrogens with zero attached hydrogens (tertiary/aromatic N) is 2. The Morgan fingerprint density at radius 1 is 1.03 bits per heavy atom. The highest BCUT2D eigenvalue weighted by atomic mass is 16.5. The first-order chi connectivity index (χ1) is 14.6. The van der Waals surface area contributed by atoms with Gasteiger partial charge in [-0.05, 0) is 81.8 Å². The van der Waals surface area contributed by atoms with E-state index in [1.165, 1.54) is 24.9 Å². The maximum Gasteiger partial charge on any atom is 0.241 e. The number of likely N-dealkylation sites (N-methyl/N-ethyl adjacent to an activating group) is 1. The number of nitrogens with one attached hydrogen (secondary N) is 1. The predicted molar refractivity (Wildman–Crippen MR) is 122 cm³/mol. The second-order valence-corrected chi connectivity index (χ2v) is 7.76. The number of amides is 1. The van der Waals surface area contributed by atoms with Gasteiger partial charge in [0, 0.05) is 31.0 Å². The number of rotatable bonds is 9. The Bertz CT molecular complexity index is 786. The standard InChI is InChI=1S/C24H33N3O3/c1-19(26(2)17-18-30-23-13-11-22(29-3)12-14-23)24(28)25-20-7-9-21(10-8-20)27-15-5-4-6-16-27/h7-14,19H,4-6,15-18H2,1-3H3,(H,25,28)/t19-/m1/s1. The molecule has 1 fully saturated rings. The van der Waals surface area contributed by atoms with Gasteiger partial charge in [0.25, 0.3) is 0 Å². The molecule has 0 saturated carbocycles. The molecule has 30 heavy (non-hydrogen) atoms. The third-order valence-corrected chi connectivity index (χ3v) is 5.67. The lowest BCUT2D eigenvalue weighted by molar-refractivity contribution is -0.120. The number of ether oxygens (including phenoxy) is 2. The molecule has 1 amide bonds. The van der Waals surface area contributed by atoms with Crippen LogP contribution in [0.15, 0.2) is 48.5 Å². The van der Waals surface area contributed by atoms with Crippen LogP contribution < -0.4 is 19.7 Å². The molecule has 0 bridgehead atoms. The van der Waals surface area contributed by atoms with Crippen LogP contribution in [0.2, 0.25) is 0 Å². The number of carbonyl (C=O) groups excluding carboxylic acids is 1. The Labute approximate surface area is 179 Å². The Kier molecular flexibility index (Phi) is 7.97. The molecule has 1 aliphatic heterocycles. The van der Waals surface area contributed by atoms with Gasteiger partial charge in [-0.1, -0.05) is 0 Å². The lowest BCUT2D eigenvalue weighted by Gasteiger charge is -2.29. The fraction of sp³-hybridized carbons (Fsp3) is 0.458. The van der Waals surface area contributed by atoms with Crippen molar-refractivity contribution in [3.8, 4) is 11.5 Å². The number of anilines is 2. The highest BCUT2D eigenvalue weighted by Crippen LogP contribution is 2.22. The van der Waals surface area contributed by atoms with E-state index in [0.717, 1.165) is 30.3 Å². The van der Waals surface area contributed by atoms with E-state index < -0.39 is 0 Å². The molecule has 0 radical (unpaired) electrons. The molecule has 162 valence electrons. The van der Waals surface area contributed by atoms with Gasteiger partial charge in [0.05, 0.1) is 13.2 Å². The topological polar surface area (TPSA) is 54.0 Å². The number of benzene rings is 2. The van der Waals surface area contributed by atoms with Crippen molar-refractivity contribution in [2.24, 2.45) is 0 Å². The molecule has 1 saturated heterocycles. The van der Waals surface area contributed by atoms with Crippen LogP contribution in [0.25, 0.3) is 0 Å². The molecule has 2 aromatic rings. The SMILES string of the molecule is COc1ccc(OCCN(C)[C@H](C)C(=O)Nc2ccc(N3CCCCC3)cc2)cc1. The summed E-state index contributed by atoms with van der Waals surface area (Å²) in [6, 6.07) is 15.4. The van der Waals surface area contributed by atoms with Crippen LogP contribution in [0, 0.1) is 0 Å². The number of hydrogen-bond acceptors (Lipinski definition) is 5. The van der Waals surface area contributed by atoms with Gasteiger partial charge < -0.3 is 19.7 Å². The van der Waals surface area contributed by atoms with Gasteiger partial charge >= 0.3 is 0 Å². The summed E-state index contributed by atoms with van der Waals surface area (Å²) < 4.78 is 10.9. The molecule has 0 spiro atoms. The van der Waals surface area contributed by atoms with Crippen LogP contribution in [0.1, 0.15) is 26.2 Å². The first kappa shape index (κ1) is 22.0. The van der Waals surface area contributed by atoms with E-state index in [9.17, 15) is 4.79 Å². The monoisotopic (exact) mass is 411 g/mol. The summed E-state index contributed by atoms with van der Waals surface area (Å²) in [5.41, 5.74) is 2.06. The van der Waals surface area contributed by atoms with Gasteiger partial charge in [-0.15, -0.1) is 0 Å². The van der Waals surface area contributed by atoms with E-state index in [4.69, 9.17) is 9.47 Å².